The van der Waals surface area contributed by atoms with Gasteiger partial charge in [0, 0.05) is 12.0 Å². The highest BCUT2D eigenvalue weighted by molar-refractivity contribution is 5.82. The van der Waals surface area contributed by atoms with Crippen molar-refractivity contribution in [3.8, 4) is 6.07 Å². The number of hydrogen-bond donors (Lipinski definition) is 0. The van der Waals surface area contributed by atoms with Crippen LogP contribution in [0.3, 0.4) is 0 Å². The molecule has 0 aromatic carbocycles. The summed E-state index contributed by atoms with van der Waals surface area (Å²) < 4.78 is 5.81. The van der Waals surface area contributed by atoms with E-state index in [1.165, 1.54) is 0 Å². The van der Waals surface area contributed by atoms with Gasteiger partial charge in [-0.05, 0) is 31.9 Å². The van der Waals surface area contributed by atoms with E-state index in [1.54, 1.807) is 0 Å². The molecule has 0 saturated heterocycles. The van der Waals surface area contributed by atoms with Gasteiger partial charge in [0.2, 0.25) is 0 Å². The molecular formula is C17H25NO. The largest absolute Gasteiger partial charge is 0.461 e. The molecule has 0 fully saturated rings. The summed E-state index contributed by atoms with van der Waals surface area (Å²) in [7, 11) is 0. The van der Waals surface area contributed by atoms with Crippen molar-refractivity contribution in [1.82, 2.24) is 0 Å². The summed E-state index contributed by atoms with van der Waals surface area (Å²) in [5.41, 5.74) is 2.33. The van der Waals surface area contributed by atoms with Crippen LogP contribution in [0, 0.1) is 11.3 Å². The van der Waals surface area contributed by atoms with Crippen LogP contribution in [0.1, 0.15) is 64.5 Å². The highest BCUT2D eigenvalue weighted by Gasteiger charge is 2.14. The standard InChI is InChI=1S/C15H19NO.C2H6/c1-5-7-8-13-9-14(12(4)10-16)15(17-13)11(3)6-2;1-2/h6,9H,4-5,7-8H2,1-3H3;1-2H3/b11-6-;. The number of furan rings is 1. The third kappa shape index (κ3) is 4.79. The number of nitriles is 1. The van der Waals surface area contributed by atoms with Crippen LogP contribution in [0.2, 0.25) is 0 Å². The fraction of sp³-hybridized carbons (Fsp3) is 0.471. The summed E-state index contributed by atoms with van der Waals surface area (Å²) in [5.74, 6) is 1.72. The highest BCUT2D eigenvalue weighted by Crippen LogP contribution is 2.28. The van der Waals surface area contributed by atoms with E-state index in [1.807, 2.05) is 39.8 Å². The molecule has 0 aliphatic heterocycles. The van der Waals surface area contributed by atoms with Gasteiger partial charge in [0.1, 0.15) is 11.5 Å². The number of allylic oxidation sites excluding steroid dienone is 3. The fourth-order valence-electron chi connectivity index (χ4n) is 1.62. The van der Waals surface area contributed by atoms with Crippen LogP contribution in [0.4, 0.5) is 0 Å². The third-order valence-electron chi connectivity index (χ3n) is 2.81. The van der Waals surface area contributed by atoms with Crippen molar-refractivity contribution < 1.29 is 4.42 Å². The monoisotopic (exact) mass is 259 g/mol. The van der Waals surface area contributed by atoms with Crippen molar-refractivity contribution >= 4 is 11.1 Å². The molecule has 0 aliphatic rings. The maximum absolute atomic E-state index is 8.94. The second-order valence-corrected chi connectivity index (χ2v) is 4.12. The Hall–Kier alpha value is -1.75. The average Bonchev–Trinajstić information content (AvgIpc) is 2.89. The number of rotatable bonds is 5. The Balaban J connectivity index is 0.00000154. The van der Waals surface area contributed by atoms with Crippen molar-refractivity contribution in [3.05, 3.63) is 35.8 Å². The molecule has 0 N–H and O–H groups in total. The smallest absolute Gasteiger partial charge is 0.138 e. The third-order valence-corrected chi connectivity index (χ3v) is 2.81. The number of nitrogens with zero attached hydrogens (tertiary/aromatic N) is 1. The van der Waals surface area contributed by atoms with Crippen molar-refractivity contribution in [2.24, 2.45) is 0 Å². The normalized spacial score (nSPS) is 10.4. The Labute approximate surface area is 117 Å². The Kier molecular flexibility index (Phi) is 8.37. The summed E-state index contributed by atoms with van der Waals surface area (Å²) in [6.45, 7) is 13.9. The van der Waals surface area contributed by atoms with E-state index < -0.39 is 0 Å². The zero-order valence-electron chi connectivity index (χ0n) is 12.8. The summed E-state index contributed by atoms with van der Waals surface area (Å²) in [6.07, 6.45) is 5.13. The lowest BCUT2D eigenvalue weighted by molar-refractivity contribution is 0.489. The van der Waals surface area contributed by atoms with Gasteiger partial charge in [-0.15, -0.1) is 0 Å². The quantitative estimate of drug-likeness (QED) is 0.644. The first kappa shape index (κ1) is 17.2. The van der Waals surface area contributed by atoms with Gasteiger partial charge >= 0.3 is 0 Å². The van der Waals surface area contributed by atoms with Crippen molar-refractivity contribution in [3.63, 3.8) is 0 Å². The second-order valence-electron chi connectivity index (χ2n) is 4.12. The van der Waals surface area contributed by atoms with E-state index in [4.69, 9.17) is 9.68 Å². The Morgan fingerprint density at radius 1 is 1.47 bits per heavy atom. The van der Waals surface area contributed by atoms with E-state index >= 15 is 0 Å². The van der Waals surface area contributed by atoms with Gasteiger partial charge in [-0.2, -0.15) is 5.26 Å². The summed E-state index contributed by atoms with van der Waals surface area (Å²) in [6, 6.07) is 4.04. The first-order chi connectivity index (χ1) is 9.13. The number of unbranched alkanes of at least 4 members (excludes halogenated alkanes) is 1. The number of aryl methyl sites for hydroxylation is 1. The van der Waals surface area contributed by atoms with Crippen LogP contribution in [0.15, 0.2) is 23.1 Å². The van der Waals surface area contributed by atoms with Gasteiger partial charge in [0.15, 0.2) is 0 Å². The minimum atomic E-state index is 0.465. The highest BCUT2D eigenvalue weighted by atomic mass is 16.3. The molecule has 1 aromatic heterocycles. The molecular weight excluding hydrogens is 234 g/mol. The lowest BCUT2D eigenvalue weighted by Crippen LogP contribution is -1.82. The van der Waals surface area contributed by atoms with E-state index in [9.17, 15) is 0 Å². The minimum absolute atomic E-state index is 0.465. The molecule has 0 aliphatic carbocycles. The molecule has 1 aromatic rings. The molecule has 19 heavy (non-hydrogen) atoms. The Bertz CT molecular complexity index is 472. The van der Waals surface area contributed by atoms with Gasteiger partial charge in [0.25, 0.3) is 0 Å². The molecule has 2 heteroatoms. The average molecular weight is 259 g/mol. The predicted molar refractivity (Wildman–Crippen MR) is 82.6 cm³/mol. The zero-order chi connectivity index (χ0) is 14.8. The zero-order valence-corrected chi connectivity index (χ0v) is 12.8. The second kappa shape index (κ2) is 9.22. The molecule has 0 atom stereocenters. The molecule has 0 saturated carbocycles. The predicted octanol–water partition coefficient (Wildman–Crippen LogP) is 5.61. The lowest BCUT2D eigenvalue weighted by Gasteiger charge is -1.99. The van der Waals surface area contributed by atoms with Crippen LogP contribution in [0.5, 0.6) is 0 Å². The number of hydrogen-bond acceptors (Lipinski definition) is 2. The summed E-state index contributed by atoms with van der Waals surface area (Å²) in [5, 5.41) is 8.94. The SMILES string of the molecule is C=C(C#N)c1cc(CCCC)oc1/C(C)=C\C.CC. The van der Waals surface area contributed by atoms with Crippen LogP contribution < -0.4 is 0 Å². The van der Waals surface area contributed by atoms with Crippen LogP contribution in [0.25, 0.3) is 11.1 Å². The summed E-state index contributed by atoms with van der Waals surface area (Å²) >= 11 is 0. The van der Waals surface area contributed by atoms with Crippen molar-refractivity contribution in [2.45, 2.75) is 53.9 Å². The molecule has 0 bridgehead atoms. The first-order valence-corrected chi connectivity index (χ1v) is 6.99. The molecule has 1 heterocycles. The van der Waals surface area contributed by atoms with Gasteiger partial charge < -0.3 is 4.42 Å². The van der Waals surface area contributed by atoms with Gasteiger partial charge in [-0.3, -0.25) is 0 Å². The fourth-order valence-corrected chi connectivity index (χ4v) is 1.62. The molecule has 1 rings (SSSR count). The minimum Gasteiger partial charge on any atom is -0.461 e. The van der Waals surface area contributed by atoms with E-state index in [0.29, 0.717) is 5.57 Å². The summed E-state index contributed by atoms with van der Waals surface area (Å²) in [4.78, 5) is 0. The molecule has 0 amide bonds. The Morgan fingerprint density at radius 2 is 2.11 bits per heavy atom. The van der Waals surface area contributed by atoms with E-state index in [2.05, 4.69) is 19.6 Å². The maximum atomic E-state index is 8.94. The first-order valence-electron chi connectivity index (χ1n) is 6.99. The van der Waals surface area contributed by atoms with Crippen molar-refractivity contribution in [1.29, 1.82) is 5.26 Å². The van der Waals surface area contributed by atoms with Crippen LogP contribution in [-0.2, 0) is 6.42 Å². The molecule has 2 nitrogen and oxygen atoms in total. The van der Waals surface area contributed by atoms with Crippen molar-refractivity contribution in [2.75, 3.05) is 0 Å². The van der Waals surface area contributed by atoms with Gasteiger partial charge in [-0.25, -0.2) is 0 Å². The van der Waals surface area contributed by atoms with Gasteiger partial charge in [-0.1, -0.05) is 39.8 Å². The van der Waals surface area contributed by atoms with Gasteiger partial charge in [0.05, 0.1) is 11.6 Å². The molecule has 0 unspecified atom stereocenters. The van der Waals surface area contributed by atoms with E-state index in [-0.39, 0.29) is 0 Å². The topological polar surface area (TPSA) is 36.9 Å². The van der Waals surface area contributed by atoms with Crippen LogP contribution >= 0.6 is 0 Å². The molecule has 0 radical (unpaired) electrons. The maximum Gasteiger partial charge on any atom is 0.138 e. The lowest BCUT2D eigenvalue weighted by atomic mass is 10.0. The van der Waals surface area contributed by atoms with Crippen LogP contribution in [-0.4, -0.2) is 0 Å². The molecule has 0 spiro atoms. The van der Waals surface area contributed by atoms with E-state index in [0.717, 1.165) is 41.9 Å². The Morgan fingerprint density at radius 3 is 2.58 bits per heavy atom. The molecule has 104 valence electrons.